The van der Waals surface area contributed by atoms with Gasteiger partial charge in [-0.1, -0.05) is 425 Å². The van der Waals surface area contributed by atoms with Crippen molar-refractivity contribution in [3.63, 3.8) is 0 Å². The smallest absolute Gasteiger partial charge is 0.113 e. The van der Waals surface area contributed by atoms with Crippen molar-refractivity contribution in [2.24, 2.45) is 0 Å². The minimum absolute atomic E-state index is 0.866. The number of para-hydroxylation sites is 2. The highest BCUT2D eigenvalue weighted by Crippen LogP contribution is 2.49. The van der Waals surface area contributed by atoms with Crippen molar-refractivity contribution >= 4 is 174 Å². The molecular weight excluding hydrogens is 1760 g/mol. The van der Waals surface area contributed by atoms with Crippen LogP contribution < -0.4 is 0 Å². The second-order valence-corrected chi connectivity index (χ2v) is 37.3. The summed E-state index contributed by atoms with van der Waals surface area (Å²) < 4.78 is 7.29. The molecule has 0 fully saturated rings. The molecule has 0 saturated carbocycles. The largest absolute Gasteiger partial charge is 0.309 e. The quantitative estimate of drug-likeness (QED) is 0.128. The van der Waals surface area contributed by atoms with Crippen LogP contribution in [0.4, 0.5) is 0 Å². The minimum atomic E-state index is 0.866. The van der Waals surface area contributed by atoms with Gasteiger partial charge >= 0.3 is 0 Å². The molecule has 674 valence electrons. The SMILES string of the molecule is c1ccc(-c2nc3ccc(-c4cc(-n5c6ccc7ccccc7c6c6c7ccccc7ccc65)c5ccccc5c4)cc3nc2-c2ccccc2)cc1.c1ccc(-c2nc3cccc(-c4cccc(-n5c6ccc7ccccc7c6c6c7ccccc7ccc65)c4)c3nc2-c2ccccc2)cc1.c1ccc(-c2nc3cccc(-n4c5ccc6ccccc6c5c5c6ccccc6ccc54)c3nc2-c2ccccc2)cc1. The molecule has 0 saturated heterocycles. The van der Waals surface area contributed by atoms with Crippen LogP contribution in [0, 0.1) is 0 Å². The number of hydrogen-bond donors (Lipinski definition) is 0. The lowest BCUT2D eigenvalue weighted by Crippen LogP contribution is -2.01. The van der Waals surface area contributed by atoms with Crippen LogP contribution in [-0.2, 0) is 0 Å². The molecule has 6 aromatic heterocycles. The maximum absolute atomic E-state index is 5.43. The average molecular weight is 1850 g/mol. The first kappa shape index (κ1) is 83.7. The Kier molecular flexibility index (Phi) is 20.1. The highest BCUT2D eigenvalue weighted by molar-refractivity contribution is 6.32. The van der Waals surface area contributed by atoms with Gasteiger partial charge < -0.3 is 13.7 Å². The van der Waals surface area contributed by atoms with Crippen LogP contribution in [0.2, 0.25) is 0 Å². The topological polar surface area (TPSA) is 92.1 Å². The van der Waals surface area contributed by atoms with E-state index in [1.165, 1.54) is 130 Å². The number of benzene rings is 24. The number of aromatic nitrogens is 9. The molecule has 0 atom stereocenters. The molecule has 24 aromatic carbocycles. The predicted octanol–water partition coefficient (Wildman–Crippen LogP) is 35.6. The van der Waals surface area contributed by atoms with Crippen LogP contribution in [0.5, 0.6) is 0 Å². The molecule has 0 aliphatic heterocycles. The van der Waals surface area contributed by atoms with Gasteiger partial charge in [0.05, 0.1) is 106 Å². The van der Waals surface area contributed by atoms with E-state index < -0.39 is 0 Å². The third-order valence-corrected chi connectivity index (χ3v) is 29.0. The molecule has 145 heavy (non-hydrogen) atoms. The van der Waals surface area contributed by atoms with E-state index in [1.807, 2.05) is 36.4 Å². The summed E-state index contributed by atoms with van der Waals surface area (Å²) in [7, 11) is 0. The first-order valence-electron chi connectivity index (χ1n) is 49.4. The zero-order chi connectivity index (χ0) is 95.5. The molecule has 30 aromatic rings. The molecule has 0 aliphatic carbocycles. The van der Waals surface area contributed by atoms with Gasteiger partial charge in [-0.25, -0.2) is 29.9 Å². The molecule has 9 nitrogen and oxygen atoms in total. The summed E-state index contributed by atoms with van der Waals surface area (Å²) in [5.41, 5.74) is 31.6. The molecule has 9 heteroatoms. The van der Waals surface area contributed by atoms with Gasteiger partial charge in [-0.15, -0.1) is 0 Å². The minimum Gasteiger partial charge on any atom is -0.309 e. The van der Waals surface area contributed by atoms with Crippen LogP contribution in [0.3, 0.4) is 0 Å². The number of nitrogens with zero attached hydrogens (tertiary/aromatic N) is 9. The summed E-state index contributed by atoms with van der Waals surface area (Å²) in [5.74, 6) is 0. The van der Waals surface area contributed by atoms with E-state index in [1.54, 1.807) is 0 Å². The van der Waals surface area contributed by atoms with Gasteiger partial charge in [0.1, 0.15) is 5.52 Å². The summed E-state index contributed by atoms with van der Waals surface area (Å²) in [6.07, 6.45) is 0. The fourth-order valence-corrected chi connectivity index (χ4v) is 22.5. The maximum atomic E-state index is 5.43. The molecule has 0 aliphatic rings. The fraction of sp³-hybridized carbons (Fsp3) is 0. The van der Waals surface area contributed by atoms with Crippen LogP contribution in [0.25, 0.3) is 281 Å². The molecular formula is C136H85N9. The van der Waals surface area contributed by atoms with Gasteiger partial charge in [0.25, 0.3) is 0 Å². The lowest BCUT2D eigenvalue weighted by atomic mass is 9.98. The summed E-state index contributed by atoms with van der Waals surface area (Å²) in [4.78, 5) is 31.9. The van der Waals surface area contributed by atoms with Crippen molar-refractivity contribution < 1.29 is 0 Å². The normalized spacial score (nSPS) is 11.7. The van der Waals surface area contributed by atoms with Crippen molar-refractivity contribution in [3.05, 3.63) is 516 Å². The van der Waals surface area contributed by atoms with Crippen molar-refractivity contribution in [1.29, 1.82) is 0 Å². The summed E-state index contributed by atoms with van der Waals surface area (Å²) >= 11 is 0. The third kappa shape index (κ3) is 14.2. The van der Waals surface area contributed by atoms with Gasteiger partial charge in [0, 0.05) is 82.3 Å². The van der Waals surface area contributed by atoms with E-state index in [9.17, 15) is 0 Å². The molecule has 30 rings (SSSR count). The van der Waals surface area contributed by atoms with E-state index in [4.69, 9.17) is 29.9 Å². The Morgan fingerprint density at radius 3 is 0.814 bits per heavy atom. The van der Waals surface area contributed by atoms with Gasteiger partial charge in [0.2, 0.25) is 0 Å². The third-order valence-electron chi connectivity index (χ3n) is 29.0. The highest BCUT2D eigenvalue weighted by Gasteiger charge is 2.27. The maximum Gasteiger partial charge on any atom is 0.113 e. The van der Waals surface area contributed by atoms with Gasteiger partial charge in [0.15, 0.2) is 0 Å². The Bertz CT molecular complexity index is 10200. The standard InChI is InChI=1S/C50H31N3.C46H29N3.C40H25N3/c1-3-15-34(16-4-1)49-50(35-17-5-2-6-18-35)52-43-30-36(23-26-42(43)51-49)38-29-37-19-9-10-20-39(37)46(31-38)53-44-27-24-32-13-7-11-21-40(32)47(44)48-41-22-12-8-14-33(41)25-28-45(48)53;1-3-15-32(16-4-1)44-45(33-17-5-2-6-18-33)48-46-38(23-12-24-39(46)47-44)34-19-11-20-35(29-34)49-40-27-25-30-13-7-9-21-36(30)42(40)43-37-22-10-8-14-31(37)26-28-41(43)49;1-3-14-28(15-4-1)38-39(29-16-5-2-6-17-29)42-40-32(41-38)20-11-21-35(40)43-33-24-22-26-12-7-9-18-30(26)36(33)37-31-19-10-8-13-27(31)23-25-34(37)43/h1-31H;1-29H;1-25H. The molecule has 0 N–H and O–H groups in total. The van der Waals surface area contributed by atoms with E-state index in [2.05, 4.69) is 493 Å². The second-order valence-electron chi connectivity index (χ2n) is 37.3. The zero-order valence-electron chi connectivity index (χ0n) is 78.6. The lowest BCUT2D eigenvalue weighted by Gasteiger charge is -2.15. The summed E-state index contributed by atoms with van der Waals surface area (Å²) in [6, 6.07) is 183. The Morgan fingerprint density at radius 2 is 0.428 bits per heavy atom. The monoisotopic (exact) mass is 1840 g/mol. The van der Waals surface area contributed by atoms with Crippen molar-refractivity contribution in [3.8, 4) is 107 Å². The van der Waals surface area contributed by atoms with E-state index >= 15 is 0 Å². The second kappa shape index (κ2) is 34.8. The Hall–Kier alpha value is -19.5. The van der Waals surface area contributed by atoms with Crippen molar-refractivity contribution in [2.45, 2.75) is 0 Å². The summed E-state index contributed by atoms with van der Waals surface area (Å²) in [5, 5.41) is 25.1. The Balaban J connectivity index is 0.000000106. The van der Waals surface area contributed by atoms with Crippen LogP contribution >= 0.6 is 0 Å². The predicted molar refractivity (Wildman–Crippen MR) is 608 cm³/mol. The highest BCUT2D eigenvalue weighted by atomic mass is 15.0. The van der Waals surface area contributed by atoms with E-state index in [-0.39, 0.29) is 0 Å². The van der Waals surface area contributed by atoms with Crippen LogP contribution in [0.1, 0.15) is 0 Å². The molecule has 0 amide bonds. The summed E-state index contributed by atoms with van der Waals surface area (Å²) in [6.45, 7) is 0. The molecule has 0 bridgehead atoms. The van der Waals surface area contributed by atoms with Gasteiger partial charge in [-0.2, -0.15) is 0 Å². The molecule has 6 heterocycles. The number of hydrogen-bond acceptors (Lipinski definition) is 6. The molecule has 0 radical (unpaired) electrons. The van der Waals surface area contributed by atoms with Crippen LogP contribution in [0.15, 0.2) is 516 Å². The lowest BCUT2D eigenvalue weighted by molar-refractivity contribution is 1.17. The van der Waals surface area contributed by atoms with Crippen molar-refractivity contribution in [2.75, 3.05) is 0 Å². The Morgan fingerprint density at radius 1 is 0.138 bits per heavy atom. The average Bonchev–Trinajstić information content (AvgIpc) is 1.55. The van der Waals surface area contributed by atoms with E-state index in [0.717, 1.165) is 151 Å². The fourth-order valence-electron chi connectivity index (χ4n) is 22.5. The Labute approximate surface area is 834 Å². The van der Waals surface area contributed by atoms with Crippen LogP contribution in [-0.4, -0.2) is 43.6 Å². The first-order valence-corrected chi connectivity index (χ1v) is 49.4. The van der Waals surface area contributed by atoms with E-state index in [0.29, 0.717) is 0 Å². The van der Waals surface area contributed by atoms with Gasteiger partial charge in [-0.3, -0.25) is 0 Å². The van der Waals surface area contributed by atoms with Crippen molar-refractivity contribution in [1.82, 2.24) is 43.6 Å². The molecule has 0 spiro atoms. The number of fused-ring (bicyclic) bond motifs is 25. The molecule has 0 unspecified atom stereocenters. The van der Waals surface area contributed by atoms with Gasteiger partial charge in [-0.05, 0) is 178 Å². The zero-order valence-corrected chi connectivity index (χ0v) is 78.6. The number of rotatable bonds is 11. The first-order chi connectivity index (χ1) is 71.9.